The molecule has 1 fully saturated rings. The van der Waals surface area contributed by atoms with Gasteiger partial charge in [-0.15, -0.1) is 0 Å². The molecule has 3 rings (SSSR count). The Morgan fingerprint density at radius 3 is 2.21 bits per heavy atom. The number of β-amino-alcohol motifs (C(OH)–C–C–N with tert-alkyl or cyclic N) is 1. The maximum absolute atomic E-state index is 12.6. The summed E-state index contributed by atoms with van der Waals surface area (Å²) in [5, 5.41) is 22.0. The first-order valence-corrected chi connectivity index (χ1v) is 8.28. The quantitative estimate of drug-likeness (QED) is 0.620. The normalized spacial score (nSPS) is 28.4. The van der Waals surface area contributed by atoms with E-state index in [0.29, 0.717) is 13.2 Å². The van der Waals surface area contributed by atoms with Gasteiger partial charge >= 0.3 is 0 Å². The van der Waals surface area contributed by atoms with Crippen LogP contribution in [0.5, 0.6) is 0 Å². The van der Waals surface area contributed by atoms with Crippen LogP contribution in [0.4, 0.5) is 0 Å². The zero-order valence-electron chi connectivity index (χ0n) is 13.5. The SMILES string of the molecule is O=C1C(O)=C(NCN2CCN(CCO)CC2)C(=O)C2C=CC=CC12. The molecule has 7 heteroatoms. The minimum Gasteiger partial charge on any atom is -0.503 e. The third-order valence-electron chi connectivity index (χ3n) is 4.82. The van der Waals surface area contributed by atoms with E-state index in [-0.39, 0.29) is 18.1 Å². The van der Waals surface area contributed by atoms with E-state index in [4.69, 9.17) is 5.11 Å². The largest absolute Gasteiger partial charge is 0.503 e. The minimum atomic E-state index is -0.588. The molecule has 0 spiro atoms. The number of aliphatic hydroxyl groups is 2. The lowest BCUT2D eigenvalue weighted by Crippen LogP contribution is -2.51. The zero-order valence-corrected chi connectivity index (χ0v) is 13.5. The van der Waals surface area contributed by atoms with Crippen molar-refractivity contribution in [3.05, 3.63) is 35.8 Å². The third kappa shape index (κ3) is 3.28. The molecule has 24 heavy (non-hydrogen) atoms. The van der Waals surface area contributed by atoms with E-state index in [0.717, 1.165) is 26.2 Å². The second-order valence-corrected chi connectivity index (χ2v) is 6.29. The van der Waals surface area contributed by atoms with E-state index < -0.39 is 23.4 Å². The molecule has 3 N–H and O–H groups in total. The van der Waals surface area contributed by atoms with Crippen LogP contribution >= 0.6 is 0 Å². The van der Waals surface area contributed by atoms with Crippen LogP contribution in [-0.4, -0.2) is 77.6 Å². The first kappa shape index (κ1) is 16.9. The van der Waals surface area contributed by atoms with Crippen molar-refractivity contribution in [1.82, 2.24) is 15.1 Å². The number of fused-ring (bicyclic) bond motifs is 1. The van der Waals surface area contributed by atoms with Gasteiger partial charge < -0.3 is 15.5 Å². The number of carbonyl (C=O) groups excluding carboxylic acids is 2. The Hall–Kier alpha value is -1.96. The Kier molecular flexibility index (Phi) is 5.13. The smallest absolute Gasteiger partial charge is 0.207 e. The molecule has 0 radical (unpaired) electrons. The van der Waals surface area contributed by atoms with Crippen molar-refractivity contribution in [2.24, 2.45) is 11.8 Å². The van der Waals surface area contributed by atoms with Crippen LogP contribution in [0.3, 0.4) is 0 Å². The predicted molar refractivity (Wildman–Crippen MR) is 88.0 cm³/mol. The van der Waals surface area contributed by atoms with Crippen LogP contribution in [0.15, 0.2) is 35.8 Å². The van der Waals surface area contributed by atoms with Crippen LogP contribution in [0, 0.1) is 11.8 Å². The van der Waals surface area contributed by atoms with E-state index in [1.807, 2.05) is 0 Å². The van der Waals surface area contributed by atoms with E-state index in [2.05, 4.69) is 15.1 Å². The number of nitrogens with one attached hydrogen (secondary N) is 1. The fourth-order valence-electron chi connectivity index (χ4n) is 3.35. The summed E-state index contributed by atoms with van der Waals surface area (Å²) in [5.41, 5.74) is 0.0268. The Morgan fingerprint density at radius 1 is 1.00 bits per heavy atom. The van der Waals surface area contributed by atoms with Gasteiger partial charge in [-0.25, -0.2) is 0 Å². The number of piperazine rings is 1. The minimum absolute atomic E-state index is 0.0268. The molecule has 0 bridgehead atoms. The molecule has 2 atom stereocenters. The highest BCUT2D eigenvalue weighted by Gasteiger charge is 2.41. The molecule has 0 aromatic heterocycles. The fraction of sp³-hybridized carbons (Fsp3) is 0.529. The van der Waals surface area contributed by atoms with Gasteiger partial charge in [0.1, 0.15) is 5.70 Å². The molecule has 1 saturated heterocycles. The predicted octanol–water partition coefficient (Wildman–Crippen LogP) is -0.577. The van der Waals surface area contributed by atoms with E-state index in [1.54, 1.807) is 24.3 Å². The topological polar surface area (TPSA) is 93.1 Å². The summed E-state index contributed by atoms with van der Waals surface area (Å²) in [4.78, 5) is 29.1. The number of carbonyl (C=O) groups is 2. The van der Waals surface area contributed by atoms with Gasteiger partial charge in [0.15, 0.2) is 11.5 Å². The van der Waals surface area contributed by atoms with Gasteiger partial charge in [-0.1, -0.05) is 24.3 Å². The molecular formula is C17H23N3O4. The monoisotopic (exact) mass is 333 g/mol. The molecule has 0 aromatic carbocycles. The summed E-state index contributed by atoms with van der Waals surface area (Å²) in [6.07, 6.45) is 6.86. The molecule has 0 aromatic rings. The van der Waals surface area contributed by atoms with Gasteiger partial charge in [-0.3, -0.25) is 19.4 Å². The lowest BCUT2D eigenvalue weighted by Gasteiger charge is -2.35. The average Bonchev–Trinajstić information content (AvgIpc) is 2.61. The standard InChI is InChI=1S/C17H23N3O4/c21-10-9-19-5-7-20(8-6-19)11-18-14-15(22)12-3-1-2-4-13(12)16(23)17(14)24/h1-4,12-13,18,21,24H,5-11H2. The molecular weight excluding hydrogens is 310 g/mol. The van der Waals surface area contributed by atoms with Crippen molar-refractivity contribution in [1.29, 1.82) is 0 Å². The Labute approximate surface area is 140 Å². The van der Waals surface area contributed by atoms with Crippen LogP contribution in [0.2, 0.25) is 0 Å². The molecule has 1 aliphatic heterocycles. The summed E-state index contributed by atoms with van der Waals surface area (Å²) < 4.78 is 0. The van der Waals surface area contributed by atoms with Crippen molar-refractivity contribution >= 4 is 11.6 Å². The van der Waals surface area contributed by atoms with Crippen LogP contribution in [-0.2, 0) is 9.59 Å². The van der Waals surface area contributed by atoms with Crippen molar-refractivity contribution < 1.29 is 19.8 Å². The number of hydrogen-bond acceptors (Lipinski definition) is 7. The van der Waals surface area contributed by atoms with E-state index in [9.17, 15) is 14.7 Å². The Morgan fingerprint density at radius 2 is 1.58 bits per heavy atom. The first-order chi connectivity index (χ1) is 11.6. The van der Waals surface area contributed by atoms with Crippen LogP contribution in [0.1, 0.15) is 0 Å². The molecule has 2 aliphatic carbocycles. The highest BCUT2D eigenvalue weighted by molar-refractivity contribution is 6.13. The summed E-state index contributed by atoms with van der Waals surface area (Å²) in [5.74, 6) is -2.22. The fourth-order valence-corrected chi connectivity index (χ4v) is 3.35. The van der Waals surface area contributed by atoms with Gasteiger partial charge in [-0.2, -0.15) is 0 Å². The first-order valence-electron chi connectivity index (χ1n) is 8.28. The molecule has 7 nitrogen and oxygen atoms in total. The van der Waals surface area contributed by atoms with E-state index in [1.165, 1.54) is 0 Å². The van der Waals surface area contributed by atoms with Gasteiger partial charge in [0, 0.05) is 32.7 Å². The second-order valence-electron chi connectivity index (χ2n) is 6.29. The maximum atomic E-state index is 12.6. The number of Topliss-reactive ketones (excluding diaryl/α,β-unsaturated/α-hetero) is 2. The van der Waals surface area contributed by atoms with Crippen molar-refractivity contribution in [2.45, 2.75) is 0 Å². The molecule has 0 saturated carbocycles. The van der Waals surface area contributed by atoms with Gasteiger partial charge in [-0.05, 0) is 0 Å². The zero-order chi connectivity index (χ0) is 17.1. The van der Waals surface area contributed by atoms with Crippen molar-refractivity contribution in [3.8, 4) is 0 Å². The lowest BCUT2D eigenvalue weighted by atomic mass is 9.76. The number of ketones is 2. The number of rotatable bonds is 5. The van der Waals surface area contributed by atoms with E-state index >= 15 is 0 Å². The van der Waals surface area contributed by atoms with Gasteiger partial charge in [0.2, 0.25) is 5.78 Å². The number of hydrogen-bond donors (Lipinski definition) is 3. The Balaban J connectivity index is 1.61. The van der Waals surface area contributed by atoms with Crippen molar-refractivity contribution in [2.75, 3.05) is 46.0 Å². The lowest BCUT2D eigenvalue weighted by molar-refractivity contribution is -0.130. The molecule has 2 unspecified atom stereocenters. The number of allylic oxidation sites excluding steroid dienone is 6. The van der Waals surface area contributed by atoms with Crippen LogP contribution < -0.4 is 5.32 Å². The van der Waals surface area contributed by atoms with Gasteiger partial charge in [0.05, 0.1) is 25.1 Å². The Bertz CT molecular complexity index is 603. The summed E-state index contributed by atoms with van der Waals surface area (Å²) in [6.45, 7) is 4.53. The summed E-state index contributed by atoms with van der Waals surface area (Å²) in [6, 6.07) is 0. The summed E-state index contributed by atoms with van der Waals surface area (Å²) in [7, 11) is 0. The highest BCUT2D eigenvalue weighted by Crippen LogP contribution is 2.31. The maximum Gasteiger partial charge on any atom is 0.207 e. The third-order valence-corrected chi connectivity index (χ3v) is 4.82. The molecule has 1 heterocycles. The number of nitrogens with zero attached hydrogens (tertiary/aromatic N) is 2. The molecule has 3 aliphatic rings. The summed E-state index contributed by atoms with van der Waals surface area (Å²) >= 11 is 0. The average molecular weight is 333 g/mol. The molecule has 130 valence electrons. The van der Waals surface area contributed by atoms with Crippen LogP contribution in [0.25, 0.3) is 0 Å². The molecule has 0 amide bonds. The second kappa shape index (κ2) is 7.29. The number of aliphatic hydroxyl groups excluding tert-OH is 2. The highest BCUT2D eigenvalue weighted by atomic mass is 16.3. The van der Waals surface area contributed by atoms with Gasteiger partial charge in [0.25, 0.3) is 0 Å². The van der Waals surface area contributed by atoms with Crippen molar-refractivity contribution in [3.63, 3.8) is 0 Å².